The molecule has 0 bridgehead atoms. The number of benzene rings is 1. The second-order valence-electron chi connectivity index (χ2n) is 7.09. The minimum atomic E-state index is -4.44. The molecule has 1 heterocycles. The van der Waals surface area contributed by atoms with Crippen molar-refractivity contribution < 1.29 is 32.6 Å². The summed E-state index contributed by atoms with van der Waals surface area (Å²) in [5, 5.41) is 11.6. The van der Waals surface area contributed by atoms with E-state index < -0.39 is 35.4 Å². The summed E-state index contributed by atoms with van der Waals surface area (Å²) in [4.78, 5) is 24.4. The van der Waals surface area contributed by atoms with Crippen molar-refractivity contribution >= 4 is 23.4 Å². The van der Waals surface area contributed by atoms with Crippen molar-refractivity contribution in [3.63, 3.8) is 0 Å². The van der Waals surface area contributed by atoms with Crippen LogP contribution in [-0.2, 0) is 22.1 Å². The van der Waals surface area contributed by atoms with Crippen molar-refractivity contribution in [3.8, 4) is 10.4 Å². The van der Waals surface area contributed by atoms with Gasteiger partial charge >= 0.3 is 18.2 Å². The number of aliphatic carboxylic acids is 1. The van der Waals surface area contributed by atoms with Gasteiger partial charge in [-0.15, -0.1) is 11.3 Å². The molecule has 5 nitrogen and oxygen atoms in total. The smallest absolute Gasteiger partial charge is 0.416 e. The van der Waals surface area contributed by atoms with E-state index in [-0.39, 0.29) is 6.42 Å². The van der Waals surface area contributed by atoms with Gasteiger partial charge in [0, 0.05) is 16.2 Å². The summed E-state index contributed by atoms with van der Waals surface area (Å²) in [7, 11) is 0. The zero-order valence-corrected chi connectivity index (χ0v) is 16.3. The lowest BCUT2D eigenvalue weighted by molar-refractivity contribution is -0.139. The molecule has 0 fully saturated rings. The lowest BCUT2D eigenvalue weighted by Crippen LogP contribution is -2.44. The van der Waals surface area contributed by atoms with Gasteiger partial charge in [-0.3, -0.25) is 0 Å². The van der Waals surface area contributed by atoms with Crippen molar-refractivity contribution in [2.45, 2.75) is 45.0 Å². The normalized spacial score (nSPS) is 13.1. The molecule has 2 aromatic rings. The maximum atomic E-state index is 12.9. The average Bonchev–Trinajstić information content (AvgIpc) is 3.00. The van der Waals surface area contributed by atoms with E-state index in [2.05, 4.69) is 5.32 Å². The standard InChI is InChI=1S/C19H20F3NO4S/c1-18(2,3)27-17(26)23-14(16(24)25)10-13-7-8-15(28-13)11-5-4-6-12(9-11)19(20,21)22/h4-9,14H,10H2,1-3H3,(H,23,26)(H,24,25). The molecule has 2 rings (SSSR count). The number of thiophene rings is 1. The van der Waals surface area contributed by atoms with Gasteiger partial charge in [0.1, 0.15) is 11.6 Å². The highest BCUT2D eigenvalue weighted by atomic mass is 32.1. The minimum absolute atomic E-state index is 0.0157. The fourth-order valence-electron chi connectivity index (χ4n) is 2.34. The number of nitrogens with one attached hydrogen (secondary N) is 1. The van der Waals surface area contributed by atoms with Gasteiger partial charge in [0.05, 0.1) is 5.56 Å². The molecule has 0 saturated heterocycles. The summed E-state index contributed by atoms with van der Waals surface area (Å²) in [6.45, 7) is 4.97. The molecule has 0 saturated carbocycles. The van der Waals surface area contributed by atoms with Crippen LogP contribution >= 0.6 is 11.3 Å². The van der Waals surface area contributed by atoms with Gasteiger partial charge in [-0.1, -0.05) is 12.1 Å². The van der Waals surface area contributed by atoms with Crippen LogP contribution in [0.15, 0.2) is 36.4 Å². The van der Waals surface area contributed by atoms with Crippen LogP contribution in [0.1, 0.15) is 31.2 Å². The van der Waals surface area contributed by atoms with Gasteiger partial charge in [0.2, 0.25) is 0 Å². The number of carbonyl (C=O) groups excluding carboxylic acids is 1. The highest BCUT2D eigenvalue weighted by molar-refractivity contribution is 7.15. The molecule has 0 aliphatic rings. The Hall–Kier alpha value is -2.55. The van der Waals surface area contributed by atoms with Crippen LogP contribution in [0, 0.1) is 0 Å². The number of ether oxygens (including phenoxy) is 1. The number of hydrogen-bond donors (Lipinski definition) is 2. The van der Waals surface area contributed by atoms with E-state index in [0.717, 1.165) is 12.1 Å². The van der Waals surface area contributed by atoms with E-state index in [9.17, 15) is 27.9 Å². The Bertz CT molecular complexity index is 855. The van der Waals surface area contributed by atoms with Gasteiger partial charge in [0.25, 0.3) is 0 Å². The molecule has 2 N–H and O–H groups in total. The first-order valence-corrected chi connectivity index (χ1v) is 9.15. The van der Waals surface area contributed by atoms with Crippen LogP contribution in [0.25, 0.3) is 10.4 Å². The molecule has 0 aliphatic heterocycles. The number of alkyl carbamates (subject to hydrolysis) is 1. The Morgan fingerprint density at radius 2 is 1.86 bits per heavy atom. The molecule has 1 aromatic heterocycles. The van der Waals surface area contributed by atoms with Crippen LogP contribution in [-0.4, -0.2) is 28.8 Å². The molecule has 0 aliphatic carbocycles. The van der Waals surface area contributed by atoms with E-state index in [4.69, 9.17) is 4.74 Å². The average molecular weight is 415 g/mol. The molecule has 152 valence electrons. The van der Waals surface area contributed by atoms with Crippen molar-refractivity contribution in [1.82, 2.24) is 5.32 Å². The number of carbonyl (C=O) groups is 2. The predicted molar refractivity (Wildman–Crippen MR) is 99.3 cm³/mol. The van der Waals surface area contributed by atoms with E-state index in [1.165, 1.54) is 17.4 Å². The number of carboxylic acid groups (broad SMARTS) is 1. The lowest BCUT2D eigenvalue weighted by Gasteiger charge is -2.21. The fourth-order valence-corrected chi connectivity index (χ4v) is 3.39. The van der Waals surface area contributed by atoms with Gasteiger partial charge < -0.3 is 15.2 Å². The molecule has 0 spiro atoms. The number of carboxylic acids is 1. The third-order valence-electron chi connectivity index (χ3n) is 3.53. The third kappa shape index (κ3) is 6.26. The van der Waals surface area contributed by atoms with Crippen LogP contribution < -0.4 is 5.32 Å². The molecule has 1 aromatic carbocycles. The highest BCUT2D eigenvalue weighted by Crippen LogP contribution is 2.34. The SMILES string of the molecule is CC(C)(C)OC(=O)NC(Cc1ccc(-c2cccc(C(F)(F)F)c2)s1)C(=O)O. The molecule has 1 atom stereocenters. The van der Waals surface area contributed by atoms with E-state index in [0.29, 0.717) is 15.3 Å². The largest absolute Gasteiger partial charge is 0.480 e. The summed E-state index contributed by atoms with van der Waals surface area (Å²) in [6, 6.07) is 6.95. The Kier molecular flexibility index (Phi) is 6.38. The molecule has 1 unspecified atom stereocenters. The van der Waals surface area contributed by atoms with Crippen molar-refractivity contribution in [1.29, 1.82) is 0 Å². The minimum Gasteiger partial charge on any atom is -0.480 e. The molecule has 9 heteroatoms. The molecular weight excluding hydrogens is 395 g/mol. The van der Waals surface area contributed by atoms with E-state index in [1.54, 1.807) is 39.0 Å². The first-order valence-electron chi connectivity index (χ1n) is 8.34. The summed E-state index contributed by atoms with van der Waals surface area (Å²) < 4.78 is 43.7. The van der Waals surface area contributed by atoms with Crippen molar-refractivity contribution in [2.75, 3.05) is 0 Å². The Morgan fingerprint density at radius 3 is 2.43 bits per heavy atom. The van der Waals surface area contributed by atoms with E-state index in [1.807, 2.05) is 0 Å². The van der Waals surface area contributed by atoms with Crippen LogP contribution in [0.3, 0.4) is 0 Å². The third-order valence-corrected chi connectivity index (χ3v) is 4.69. The predicted octanol–water partition coefficient (Wildman–Crippen LogP) is 4.95. The Labute approximate surface area is 164 Å². The summed E-state index contributed by atoms with van der Waals surface area (Å²) in [5.41, 5.74) is -1.14. The van der Waals surface area contributed by atoms with Gasteiger partial charge in [-0.05, 0) is 50.6 Å². The highest BCUT2D eigenvalue weighted by Gasteiger charge is 2.30. The Balaban J connectivity index is 2.14. The first-order chi connectivity index (χ1) is 12.8. The summed E-state index contributed by atoms with van der Waals surface area (Å²) in [5.74, 6) is -1.24. The molecular formula is C19H20F3NO4S. The summed E-state index contributed by atoms with van der Waals surface area (Å²) in [6.07, 6.45) is -5.31. The second kappa shape index (κ2) is 8.22. The number of rotatable bonds is 5. The maximum absolute atomic E-state index is 12.9. The van der Waals surface area contributed by atoms with Crippen LogP contribution in [0.2, 0.25) is 0 Å². The Morgan fingerprint density at radius 1 is 1.18 bits per heavy atom. The quantitative estimate of drug-likeness (QED) is 0.724. The monoisotopic (exact) mass is 415 g/mol. The van der Waals surface area contributed by atoms with E-state index >= 15 is 0 Å². The van der Waals surface area contributed by atoms with Gasteiger partial charge in [0.15, 0.2) is 0 Å². The number of alkyl halides is 3. The topological polar surface area (TPSA) is 75.6 Å². The first kappa shape index (κ1) is 21.7. The number of amides is 1. The number of halogens is 3. The second-order valence-corrected chi connectivity index (χ2v) is 8.25. The zero-order valence-electron chi connectivity index (χ0n) is 15.5. The van der Waals surface area contributed by atoms with Crippen molar-refractivity contribution in [2.24, 2.45) is 0 Å². The van der Waals surface area contributed by atoms with Gasteiger partial charge in [-0.2, -0.15) is 13.2 Å². The molecule has 1 amide bonds. The maximum Gasteiger partial charge on any atom is 0.416 e. The molecule has 28 heavy (non-hydrogen) atoms. The molecule has 0 radical (unpaired) electrons. The lowest BCUT2D eigenvalue weighted by atomic mass is 10.1. The summed E-state index contributed by atoms with van der Waals surface area (Å²) >= 11 is 1.17. The van der Waals surface area contributed by atoms with Crippen molar-refractivity contribution in [3.05, 3.63) is 46.8 Å². The zero-order chi connectivity index (χ0) is 21.1. The number of hydrogen-bond acceptors (Lipinski definition) is 4. The van der Waals surface area contributed by atoms with Gasteiger partial charge in [-0.25, -0.2) is 9.59 Å². The van der Waals surface area contributed by atoms with Crippen LogP contribution in [0.5, 0.6) is 0 Å². The van der Waals surface area contributed by atoms with Crippen LogP contribution in [0.4, 0.5) is 18.0 Å². The fraction of sp³-hybridized carbons (Fsp3) is 0.368.